The first-order valence-electron chi connectivity index (χ1n) is 5.99. The van der Waals surface area contributed by atoms with E-state index in [1.165, 1.54) is 6.08 Å². The Kier molecular flexibility index (Phi) is 6.68. The second kappa shape index (κ2) is 8.32. The number of ether oxygens (including phenoxy) is 1. The molecule has 0 heterocycles. The van der Waals surface area contributed by atoms with Gasteiger partial charge in [0.25, 0.3) is 0 Å². The van der Waals surface area contributed by atoms with Crippen molar-refractivity contribution < 1.29 is 14.3 Å². The first kappa shape index (κ1) is 15.2. The fourth-order valence-corrected chi connectivity index (χ4v) is 1.45. The molecule has 19 heavy (non-hydrogen) atoms. The van der Waals surface area contributed by atoms with E-state index in [0.29, 0.717) is 11.6 Å². The van der Waals surface area contributed by atoms with Crippen LogP contribution in [-0.4, -0.2) is 25.0 Å². The van der Waals surface area contributed by atoms with Gasteiger partial charge in [0.1, 0.15) is 0 Å². The van der Waals surface area contributed by atoms with Gasteiger partial charge in [-0.25, -0.2) is 0 Å². The lowest BCUT2D eigenvalue weighted by Crippen LogP contribution is -2.24. The van der Waals surface area contributed by atoms with E-state index in [0.717, 1.165) is 5.56 Å². The molecular weight excluding hydrogens is 266 g/mol. The molecule has 0 aromatic heterocycles. The van der Waals surface area contributed by atoms with Crippen molar-refractivity contribution in [1.82, 2.24) is 5.32 Å². The third kappa shape index (κ3) is 6.62. The number of hydrogen-bond acceptors (Lipinski definition) is 3. The Morgan fingerprint density at radius 1 is 1.32 bits per heavy atom. The van der Waals surface area contributed by atoms with Crippen LogP contribution in [0, 0.1) is 0 Å². The van der Waals surface area contributed by atoms with Gasteiger partial charge in [-0.15, -0.1) is 0 Å². The third-order valence-electron chi connectivity index (χ3n) is 2.23. The number of nitrogens with one attached hydrogen (secondary N) is 1. The summed E-state index contributed by atoms with van der Waals surface area (Å²) in [6, 6.07) is 7.12. The van der Waals surface area contributed by atoms with E-state index in [-0.39, 0.29) is 24.8 Å². The van der Waals surface area contributed by atoms with Gasteiger partial charge < -0.3 is 10.1 Å². The molecule has 5 heteroatoms. The summed E-state index contributed by atoms with van der Waals surface area (Å²) in [5.41, 5.74) is 0.880. The maximum Gasteiger partial charge on any atom is 0.307 e. The van der Waals surface area contributed by atoms with Crippen LogP contribution in [0.5, 0.6) is 0 Å². The Balaban J connectivity index is 2.31. The summed E-state index contributed by atoms with van der Waals surface area (Å²) in [6.45, 7) is 2.36. The van der Waals surface area contributed by atoms with E-state index in [4.69, 9.17) is 16.3 Å². The normalized spacial score (nSPS) is 10.4. The van der Waals surface area contributed by atoms with Crippen molar-refractivity contribution in [3.05, 3.63) is 40.9 Å². The first-order valence-corrected chi connectivity index (χ1v) is 6.36. The van der Waals surface area contributed by atoms with Gasteiger partial charge in [0.05, 0.1) is 13.0 Å². The third-order valence-corrected chi connectivity index (χ3v) is 2.48. The molecule has 1 N–H and O–H groups in total. The Labute approximate surface area is 117 Å². The largest absolute Gasteiger partial charge is 0.466 e. The standard InChI is InChI=1S/C14H16ClNO3/c1-2-19-14(18)9-10-16-13(17)8-5-11-3-6-12(15)7-4-11/h3-8H,2,9-10H2,1H3,(H,16,17)/b8-5+. The van der Waals surface area contributed by atoms with Crippen LogP contribution < -0.4 is 5.32 Å². The number of carbonyl (C=O) groups is 2. The summed E-state index contributed by atoms with van der Waals surface area (Å²) < 4.78 is 4.74. The van der Waals surface area contributed by atoms with Gasteiger partial charge in [0, 0.05) is 17.6 Å². The maximum absolute atomic E-state index is 11.4. The Hall–Kier alpha value is -1.81. The summed E-state index contributed by atoms with van der Waals surface area (Å²) >= 11 is 5.75. The SMILES string of the molecule is CCOC(=O)CCNC(=O)/C=C/c1ccc(Cl)cc1. The molecule has 0 bridgehead atoms. The van der Waals surface area contributed by atoms with E-state index >= 15 is 0 Å². The van der Waals surface area contributed by atoms with Crippen LogP contribution in [0.3, 0.4) is 0 Å². The number of hydrogen-bond donors (Lipinski definition) is 1. The highest BCUT2D eigenvalue weighted by molar-refractivity contribution is 6.30. The molecule has 0 atom stereocenters. The van der Waals surface area contributed by atoms with Crippen LogP contribution >= 0.6 is 11.6 Å². The van der Waals surface area contributed by atoms with E-state index < -0.39 is 0 Å². The molecule has 4 nitrogen and oxygen atoms in total. The van der Waals surface area contributed by atoms with Crippen molar-refractivity contribution in [1.29, 1.82) is 0 Å². The van der Waals surface area contributed by atoms with E-state index in [1.807, 2.05) is 12.1 Å². The fraction of sp³-hybridized carbons (Fsp3) is 0.286. The predicted molar refractivity (Wildman–Crippen MR) is 74.7 cm³/mol. The molecule has 0 fully saturated rings. The number of esters is 1. The molecule has 1 aromatic carbocycles. The fourth-order valence-electron chi connectivity index (χ4n) is 1.33. The molecule has 0 saturated carbocycles. The van der Waals surface area contributed by atoms with Gasteiger partial charge in [0.2, 0.25) is 5.91 Å². The topological polar surface area (TPSA) is 55.4 Å². The van der Waals surface area contributed by atoms with Crippen LogP contribution in [0.1, 0.15) is 18.9 Å². The highest BCUT2D eigenvalue weighted by Crippen LogP contribution is 2.10. The predicted octanol–water partition coefficient (Wildman–Crippen LogP) is 2.42. The number of benzene rings is 1. The van der Waals surface area contributed by atoms with E-state index in [1.54, 1.807) is 25.1 Å². The lowest BCUT2D eigenvalue weighted by Gasteiger charge is -2.02. The lowest BCUT2D eigenvalue weighted by molar-refractivity contribution is -0.142. The number of carbonyl (C=O) groups excluding carboxylic acids is 2. The van der Waals surface area contributed by atoms with Crippen molar-refractivity contribution in [3.63, 3.8) is 0 Å². The van der Waals surface area contributed by atoms with Crippen LogP contribution in [0.2, 0.25) is 5.02 Å². The van der Waals surface area contributed by atoms with Crippen molar-refractivity contribution in [2.45, 2.75) is 13.3 Å². The summed E-state index contributed by atoms with van der Waals surface area (Å²) in [4.78, 5) is 22.5. The van der Waals surface area contributed by atoms with Crippen LogP contribution in [0.4, 0.5) is 0 Å². The van der Waals surface area contributed by atoms with Crippen LogP contribution in [0.25, 0.3) is 6.08 Å². The van der Waals surface area contributed by atoms with Gasteiger partial charge in [-0.2, -0.15) is 0 Å². The van der Waals surface area contributed by atoms with Gasteiger partial charge in [-0.05, 0) is 30.7 Å². The Morgan fingerprint density at radius 3 is 2.63 bits per heavy atom. The summed E-state index contributed by atoms with van der Waals surface area (Å²) in [5, 5.41) is 3.25. The summed E-state index contributed by atoms with van der Waals surface area (Å²) in [7, 11) is 0. The molecular formula is C14H16ClNO3. The van der Waals surface area contributed by atoms with Crippen molar-refractivity contribution in [3.8, 4) is 0 Å². The molecule has 102 valence electrons. The van der Waals surface area contributed by atoms with Gasteiger partial charge in [0.15, 0.2) is 0 Å². The minimum Gasteiger partial charge on any atom is -0.466 e. The number of halogens is 1. The van der Waals surface area contributed by atoms with Crippen molar-refractivity contribution >= 4 is 29.6 Å². The second-order valence-electron chi connectivity index (χ2n) is 3.73. The van der Waals surface area contributed by atoms with E-state index in [2.05, 4.69) is 5.32 Å². The number of amides is 1. The molecule has 0 unspecified atom stereocenters. The minimum atomic E-state index is -0.315. The molecule has 1 rings (SSSR count). The maximum atomic E-state index is 11.4. The highest BCUT2D eigenvalue weighted by Gasteiger charge is 2.01. The average Bonchev–Trinajstić information content (AvgIpc) is 2.38. The molecule has 0 aliphatic carbocycles. The zero-order chi connectivity index (χ0) is 14.1. The molecule has 0 aliphatic rings. The zero-order valence-electron chi connectivity index (χ0n) is 10.7. The van der Waals surface area contributed by atoms with Crippen molar-refractivity contribution in [2.24, 2.45) is 0 Å². The Bertz CT molecular complexity index is 454. The molecule has 0 saturated heterocycles. The summed E-state index contributed by atoms with van der Waals surface area (Å²) in [6.07, 6.45) is 3.26. The minimum absolute atomic E-state index is 0.175. The zero-order valence-corrected chi connectivity index (χ0v) is 11.4. The average molecular weight is 282 g/mol. The Morgan fingerprint density at radius 2 is 2.00 bits per heavy atom. The monoisotopic (exact) mass is 281 g/mol. The first-order chi connectivity index (χ1) is 9.11. The second-order valence-corrected chi connectivity index (χ2v) is 4.17. The van der Waals surface area contributed by atoms with E-state index in [9.17, 15) is 9.59 Å². The van der Waals surface area contributed by atoms with Crippen molar-refractivity contribution in [2.75, 3.05) is 13.2 Å². The summed E-state index contributed by atoms with van der Waals surface area (Å²) in [5.74, 6) is -0.566. The van der Waals surface area contributed by atoms with Crippen LogP contribution in [0.15, 0.2) is 30.3 Å². The van der Waals surface area contributed by atoms with Gasteiger partial charge in [-0.3, -0.25) is 9.59 Å². The number of rotatable bonds is 6. The highest BCUT2D eigenvalue weighted by atomic mass is 35.5. The molecule has 1 aromatic rings. The van der Waals surface area contributed by atoms with Crippen LogP contribution in [-0.2, 0) is 14.3 Å². The molecule has 0 radical (unpaired) electrons. The quantitative estimate of drug-likeness (QED) is 0.643. The smallest absolute Gasteiger partial charge is 0.307 e. The van der Waals surface area contributed by atoms with Gasteiger partial charge >= 0.3 is 5.97 Å². The molecule has 0 spiro atoms. The van der Waals surface area contributed by atoms with Gasteiger partial charge in [-0.1, -0.05) is 23.7 Å². The molecule has 0 aliphatic heterocycles. The molecule has 1 amide bonds. The lowest BCUT2D eigenvalue weighted by atomic mass is 10.2.